The van der Waals surface area contributed by atoms with Gasteiger partial charge in [0.05, 0.1) is 5.02 Å². The third-order valence-electron chi connectivity index (χ3n) is 2.17. The SMILES string of the molecule is COC(OC)c1nc2[nH]ccc2cc1Cl. The van der Waals surface area contributed by atoms with E-state index in [-0.39, 0.29) is 0 Å². The van der Waals surface area contributed by atoms with E-state index in [1.54, 1.807) is 14.2 Å². The number of pyridine rings is 1. The first kappa shape index (κ1) is 10.4. The summed E-state index contributed by atoms with van der Waals surface area (Å²) in [5.74, 6) is 0. The Morgan fingerprint density at radius 2 is 2.13 bits per heavy atom. The van der Waals surface area contributed by atoms with E-state index in [1.165, 1.54) is 0 Å². The number of methoxy groups -OCH3 is 2. The molecule has 0 saturated heterocycles. The highest BCUT2D eigenvalue weighted by molar-refractivity contribution is 6.31. The number of nitrogens with one attached hydrogen (secondary N) is 1. The number of halogens is 1. The van der Waals surface area contributed by atoms with Gasteiger partial charge < -0.3 is 14.5 Å². The molecule has 2 rings (SSSR count). The molecule has 0 bridgehead atoms. The predicted octanol–water partition coefficient (Wildman–Crippen LogP) is 2.51. The largest absolute Gasteiger partial charge is 0.350 e. The molecule has 0 spiro atoms. The van der Waals surface area contributed by atoms with Crippen LogP contribution in [0.15, 0.2) is 18.3 Å². The van der Waals surface area contributed by atoms with Gasteiger partial charge in [0, 0.05) is 25.8 Å². The molecule has 0 amide bonds. The smallest absolute Gasteiger partial charge is 0.202 e. The van der Waals surface area contributed by atoms with E-state index in [0.29, 0.717) is 10.7 Å². The summed E-state index contributed by atoms with van der Waals surface area (Å²) in [7, 11) is 3.09. The summed E-state index contributed by atoms with van der Waals surface area (Å²) in [4.78, 5) is 7.35. The Labute approximate surface area is 92.2 Å². The van der Waals surface area contributed by atoms with Crippen molar-refractivity contribution in [1.29, 1.82) is 0 Å². The number of hydrogen-bond donors (Lipinski definition) is 1. The van der Waals surface area contributed by atoms with Crippen molar-refractivity contribution in [1.82, 2.24) is 9.97 Å². The molecule has 0 aliphatic heterocycles. The first-order valence-electron chi connectivity index (χ1n) is 4.45. The lowest BCUT2D eigenvalue weighted by molar-refractivity contribution is -0.108. The highest BCUT2D eigenvalue weighted by Gasteiger charge is 2.16. The standard InChI is InChI=1S/C10H11ClN2O2/c1-14-10(15-2)8-7(11)5-6-3-4-12-9(6)13-8/h3-5,10H,1-2H3,(H,12,13). The third-order valence-corrected chi connectivity index (χ3v) is 2.47. The predicted molar refractivity (Wildman–Crippen MR) is 57.9 cm³/mol. The number of fused-ring (bicyclic) bond motifs is 1. The summed E-state index contributed by atoms with van der Waals surface area (Å²) in [5, 5.41) is 1.51. The Morgan fingerprint density at radius 1 is 1.40 bits per heavy atom. The van der Waals surface area contributed by atoms with Crippen LogP contribution in [0.3, 0.4) is 0 Å². The second kappa shape index (κ2) is 4.18. The molecule has 0 aliphatic carbocycles. The lowest BCUT2D eigenvalue weighted by atomic mass is 10.3. The lowest BCUT2D eigenvalue weighted by Crippen LogP contribution is -2.06. The van der Waals surface area contributed by atoms with Crippen molar-refractivity contribution in [3.05, 3.63) is 29.0 Å². The van der Waals surface area contributed by atoms with Crippen LogP contribution in [-0.2, 0) is 9.47 Å². The average Bonchev–Trinajstić information content (AvgIpc) is 2.67. The number of hydrogen-bond acceptors (Lipinski definition) is 3. The number of ether oxygens (including phenoxy) is 2. The molecule has 2 heterocycles. The van der Waals surface area contributed by atoms with Crippen LogP contribution >= 0.6 is 11.6 Å². The van der Waals surface area contributed by atoms with Crippen molar-refractivity contribution in [2.24, 2.45) is 0 Å². The molecule has 80 valence electrons. The van der Waals surface area contributed by atoms with Gasteiger partial charge in [-0.05, 0) is 12.1 Å². The van der Waals surface area contributed by atoms with E-state index in [0.717, 1.165) is 11.0 Å². The van der Waals surface area contributed by atoms with E-state index < -0.39 is 6.29 Å². The van der Waals surface area contributed by atoms with Crippen LogP contribution in [0.4, 0.5) is 0 Å². The van der Waals surface area contributed by atoms with Gasteiger partial charge >= 0.3 is 0 Å². The molecule has 1 N–H and O–H groups in total. The van der Waals surface area contributed by atoms with E-state index in [2.05, 4.69) is 9.97 Å². The molecule has 0 atom stereocenters. The van der Waals surface area contributed by atoms with Crippen LogP contribution < -0.4 is 0 Å². The van der Waals surface area contributed by atoms with Crippen LogP contribution in [0.2, 0.25) is 5.02 Å². The minimum Gasteiger partial charge on any atom is -0.350 e. The zero-order valence-electron chi connectivity index (χ0n) is 8.45. The van der Waals surface area contributed by atoms with E-state index in [1.807, 2.05) is 18.3 Å². The van der Waals surface area contributed by atoms with Gasteiger partial charge in [0.1, 0.15) is 11.3 Å². The summed E-state index contributed by atoms with van der Waals surface area (Å²) in [6, 6.07) is 3.74. The molecule has 0 saturated carbocycles. The van der Waals surface area contributed by atoms with Crippen LogP contribution in [0, 0.1) is 0 Å². The van der Waals surface area contributed by atoms with Gasteiger partial charge in [-0.2, -0.15) is 0 Å². The number of aromatic amines is 1. The first-order valence-corrected chi connectivity index (χ1v) is 4.83. The Bertz CT molecular complexity index is 465. The molecule has 0 unspecified atom stereocenters. The monoisotopic (exact) mass is 226 g/mol. The van der Waals surface area contributed by atoms with Crippen molar-refractivity contribution >= 4 is 22.6 Å². The number of H-pyrrole nitrogens is 1. The minimum atomic E-state index is -0.537. The minimum absolute atomic E-state index is 0.537. The molecule has 15 heavy (non-hydrogen) atoms. The molecule has 2 aromatic rings. The van der Waals surface area contributed by atoms with Crippen molar-refractivity contribution in [3.8, 4) is 0 Å². The highest BCUT2D eigenvalue weighted by atomic mass is 35.5. The van der Waals surface area contributed by atoms with Gasteiger partial charge in [0.2, 0.25) is 6.29 Å². The Kier molecular flexibility index (Phi) is 2.90. The summed E-state index contributed by atoms with van der Waals surface area (Å²) in [6.45, 7) is 0. The Balaban J connectivity index is 2.53. The summed E-state index contributed by atoms with van der Waals surface area (Å²) in [6.07, 6.45) is 1.28. The summed E-state index contributed by atoms with van der Waals surface area (Å²) >= 11 is 6.08. The molecule has 2 aromatic heterocycles. The van der Waals surface area contributed by atoms with Gasteiger partial charge in [-0.1, -0.05) is 11.6 Å². The molecular formula is C10H11ClN2O2. The van der Waals surface area contributed by atoms with E-state index in [4.69, 9.17) is 21.1 Å². The average molecular weight is 227 g/mol. The van der Waals surface area contributed by atoms with Crippen molar-refractivity contribution in [2.45, 2.75) is 6.29 Å². The van der Waals surface area contributed by atoms with Crippen molar-refractivity contribution in [3.63, 3.8) is 0 Å². The Hall–Kier alpha value is -1.10. The molecule has 0 aromatic carbocycles. The third kappa shape index (κ3) is 1.84. The fraction of sp³-hybridized carbons (Fsp3) is 0.300. The molecule has 4 nitrogen and oxygen atoms in total. The molecule has 0 aliphatic rings. The quantitative estimate of drug-likeness (QED) is 0.818. The maximum absolute atomic E-state index is 6.08. The topological polar surface area (TPSA) is 47.1 Å². The van der Waals surface area contributed by atoms with Crippen LogP contribution in [0.1, 0.15) is 12.0 Å². The second-order valence-electron chi connectivity index (χ2n) is 3.07. The maximum Gasteiger partial charge on any atom is 0.202 e. The normalized spacial score (nSPS) is 11.5. The zero-order chi connectivity index (χ0) is 10.8. The highest BCUT2D eigenvalue weighted by Crippen LogP contribution is 2.26. The maximum atomic E-state index is 6.08. The zero-order valence-corrected chi connectivity index (χ0v) is 9.21. The fourth-order valence-corrected chi connectivity index (χ4v) is 1.70. The van der Waals surface area contributed by atoms with Crippen molar-refractivity contribution in [2.75, 3.05) is 14.2 Å². The van der Waals surface area contributed by atoms with E-state index >= 15 is 0 Å². The van der Waals surface area contributed by atoms with Gasteiger partial charge in [-0.15, -0.1) is 0 Å². The molecule has 5 heteroatoms. The van der Waals surface area contributed by atoms with E-state index in [9.17, 15) is 0 Å². The number of aromatic nitrogens is 2. The van der Waals surface area contributed by atoms with Gasteiger partial charge in [-0.3, -0.25) is 0 Å². The molecule has 0 radical (unpaired) electrons. The van der Waals surface area contributed by atoms with Crippen LogP contribution in [-0.4, -0.2) is 24.2 Å². The number of rotatable bonds is 3. The first-order chi connectivity index (χ1) is 7.26. The summed E-state index contributed by atoms with van der Waals surface area (Å²) < 4.78 is 10.2. The van der Waals surface area contributed by atoms with Crippen LogP contribution in [0.25, 0.3) is 11.0 Å². The Morgan fingerprint density at radius 3 is 2.80 bits per heavy atom. The van der Waals surface area contributed by atoms with Crippen molar-refractivity contribution < 1.29 is 9.47 Å². The lowest BCUT2D eigenvalue weighted by Gasteiger charge is -2.13. The second-order valence-corrected chi connectivity index (χ2v) is 3.48. The van der Waals surface area contributed by atoms with Gasteiger partial charge in [-0.25, -0.2) is 4.98 Å². The molecule has 0 fully saturated rings. The summed E-state index contributed by atoms with van der Waals surface area (Å²) in [5.41, 5.74) is 1.35. The van der Waals surface area contributed by atoms with Gasteiger partial charge in [0.15, 0.2) is 0 Å². The number of nitrogens with zero attached hydrogens (tertiary/aromatic N) is 1. The fourth-order valence-electron chi connectivity index (χ4n) is 1.46. The van der Waals surface area contributed by atoms with Crippen LogP contribution in [0.5, 0.6) is 0 Å². The molecular weight excluding hydrogens is 216 g/mol. The van der Waals surface area contributed by atoms with Gasteiger partial charge in [0.25, 0.3) is 0 Å².